The number of aromatic hydroxyl groups is 1. The van der Waals surface area contributed by atoms with Gasteiger partial charge in [-0.1, -0.05) is 17.7 Å². The Bertz CT molecular complexity index is 390. The minimum absolute atomic E-state index is 0.0471. The van der Waals surface area contributed by atoms with Gasteiger partial charge in [0.2, 0.25) is 0 Å². The minimum Gasteiger partial charge on any atom is -0.508 e. The summed E-state index contributed by atoms with van der Waals surface area (Å²) in [5, 5.41) is 18.4. The Balaban J connectivity index is 2.90. The molecule has 0 saturated heterocycles. The predicted octanol–water partition coefficient (Wildman–Crippen LogP) is 1.78. The maximum absolute atomic E-state index is 10.6. The number of aliphatic carboxylic acids is 1. The summed E-state index contributed by atoms with van der Waals surface area (Å²) in [5.41, 5.74) is 1.80. The van der Waals surface area contributed by atoms with Gasteiger partial charge in [-0.25, -0.2) is 0 Å². The SMILES string of the molecule is Cc1ccc(O)c(C(C)N(C)CC(=O)O)c1. The molecular weight excluding hydrogens is 206 g/mol. The van der Waals surface area contributed by atoms with E-state index < -0.39 is 5.97 Å². The number of nitrogens with zero attached hydrogens (tertiary/aromatic N) is 1. The normalized spacial score (nSPS) is 12.8. The molecule has 1 aromatic carbocycles. The number of likely N-dealkylation sites (N-methyl/N-ethyl adjacent to an activating group) is 1. The van der Waals surface area contributed by atoms with Crippen molar-refractivity contribution in [1.29, 1.82) is 0 Å². The van der Waals surface area contributed by atoms with Gasteiger partial charge >= 0.3 is 5.97 Å². The molecule has 0 radical (unpaired) electrons. The molecule has 1 atom stereocenters. The molecule has 1 rings (SSSR count). The van der Waals surface area contributed by atoms with Crippen LogP contribution in [-0.4, -0.2) is 34.7 Å². The van der Waals surface area contributed by atoms with E-state index in [1.807, 2.05) is 26.0 Å². The fourth-order valence-electron chi connectivity index (χ4n) is 1.60. The first-order valence-electron chi connectivity index (χ1n) is 5.13. The van der Waals surface area contributed by atoms with Crippen LogP contribution in [-0.2, 0) is 4.79 Å². The highest BCUT2D eigenvalue weighted by atomic mass is 16.4. The van der Waals surface area contributed by atoms with Crippen molar-refractivity contribution in [3.05, 3.63) is 29.3 Å². The lowest BCUT2D eigenvalue weighted by molar-refractivity contribution is -0.138. The van der Waals surface area contributed by atoms with Gasteiger partial charge in [-0.15, -0.1) is 0 Å². The minimum atomic E-state index is -0.874. The summed E-state index contributed by atoms with van der Waals surface area (Å²) in [7, 11) is 1.72. The van der Waals surface area contributed by atoms with Crippen LogP contribution in [0.1, 0.15) is 24.1 Å². The lowest BCUT2D eigenvalue weighted by Gasteiger charge is -2.24. The lowest BCUT2D eigenvalue weighted by Crippen LogP contribution is -2.28. The van der Waals surface area contributed by atoms with Crippen LogP contribution < -0.4 is 0 Å². The Labute approximate surface area is 95.1 Å². The zero-order valence-electron chi connectivity index (χ0n) is 9.77. The smallest absolute Gasteiger partial charge is 0.317 e. The predicted molar refractivity (Wildman–Crippen MR) is 61.5 cm³/mol. The van der Waals surface area contributed by atoms with Crippen LogP contribution >= 0.6 is 0 Å². The highest BCUT2D eigenvalue weighted by molar-refractivity contribution is 5.69. The van der Waals surface area contributed by atoms with E-state index in [0.717, 1.165) is 11.1 Å². The van der Waals surface area contributed by atoms with Crippen molar-refractivity contribution in [3.8, 4) is 5.75 Å². The van der Waals surface area contributed by atoms with Gasteiger partial charge in [-0.3, -0.25) is 9.69 Å². The molecule has 0 amide bonds. The summed E-state index contributed by atoms with van der Waals surface area (Å²) in [6, 6.07) is 5.20. The fraction of sp³-hybridized carbons (Fsp3) is 0.417. The highest BCUT2D eigenvalue weighted by Crippen LogP contribution is 2.28. The van der Waals surface area contributed by atoms with Crippen molar-refractivity contribution in [2.45, 2.75) is 19.9 Å². The number of carboxylic acid groups (broad SMARTS) is 1. The van der Waals surface area contributed by atoms with Crippen molar-refractivity contribution in [2.24, 2.45) is 0 Å². The Morgan fingerprint density at radius 2 is 2.12 bits per heavy atom. The lowest BCUT2D eigenvalue weighted by atomic mass is 10.0. The summed E-state index contributed by atoms with van der Waals surface area (Å²) in [4.78, 5) is 12.3. The monoisotopic (exact) mass is 223 g/mol. The van der Waals surface area contributed by atoms with Crippen LogP contribution in [0.3, 0.4) is 0 Å². The van der Waals surface area contributed by atoms with E-state index >= 15 is 0 Å². The van der Waals surface area contributed by atoms with Crippen molar-refractivity contribution >= 4 is 5.97 Å². The Hall–Kier alpha value is -1.55. The molecule has 0 aliphatic rings. The van der Waals surface area contributed by atoms with E-state index in [1.165, 1.54) is 0 Å². The van der Waals surface area contributed by atoms with Gasteiger partial charge in [0.1, 0.15) is 5.75 Å². The third-order valence-corrected chi connectivity index (χ3v) is 2.68. The average molecular weight is 223 g/mol. The van der Waals surface area contributed by atoms with Crippen LogP contribution in [0.5, 0.6) is 5.75 Å². The number of phenolic OH excluding ortho intramolecular Hbond substituents is 1. The first kappa shape index (κ1) is 12.5. The number of rotatable bonds is 4. The largest absolute Gasteiger partial charge is 0.508 e. The Morgan fingerprint density at radius 3 is 2.69 bits per heavy atom. The second-order valence-electron chi connectivity index (χ2n) is 4.05. The van der Waals surface area contributed by atoms with Crippen LogP contribution in [0, 0.1) is 6.92 Å². The number of phenols is 1. The number of carboxylic acids is 1. The molecule has 16 heavy (non-hydrogen) atoms. The summed E-state index contributed by atoms with van der Waals surface area (Å²) >= 11 is 0. The van der Waals surface area contributed by atoms with Gasteiger partial charge in [0.25, 0.3) is 0 Å². The van der Waals surface area contributed by atoms with E-state index in [0.29, 0.717) is 0 Å². The Kier molecular flexibility index (Phi) is 3.90. The number of benzene rings is 1. The molecule has 1 unspecified atom stereocenters. The standard InChI is InChI=1S/C12H17NO3/c1-8-4-5-11(14)10(6-8)9(2)13(3)7-12(15)16/h4-6,9,14H,7H2,1-3H3,(H,15,16). The molecule has 4 heteroatoms. The molecule has 1 aromatic rings. The fourth-order valence-corrected chi connectivity index (χ4v) is 1.60. The van der Waals surface area contributed by atoms with Gasteiger partial charge in [-0.2, -0.15) is 0 Å². The zero-order valence-corrected chi connectivity index (χ0v) is 9.77. The first-order chi connectivity index (χ1) is 7.41. The number of hydrogen-bond acceptors (Lipinski definition) is 3. The Morgan fingerprint density at radius 1 is 1.50 bits per heavy atom. The van der Waals surface area contributed by atoms with Gasteiger partial charge in [0.15, 0.2) is 0 Å². The van der Waals surface area contributed by atoms with E-state index in [1.54, 1.807) is 18.0 Å². The molecule has 0 spiro atoms. The topological polar surface area (TPSA) is 60.8 Å². The zero-order chi connectivity index (χ0) is 12.3. The second kappa shape index (κ2) is 4.99. The third-order valence-electron chi connectivity index (χ3n) is 2.68. The number of carbonyl (C=O) groups is 1. The molecule has 0 bridgehead atoms. The molecule has 0 aromatic heterocycles. The molecular formula is C12H17NO3. The number of aryl methyl sites for hydroxylation is 1. The third kappa shape index (κ3) is 2.97. The van der Waals surface area contributed by atoms with Crippen molar-refractivity contribution < 1.29 is 15.0 Å². The van der Waals surface area contributed by atoms with Crippen molar-refractivity contribution in [3.63, 3.8) is 0 Å². The van der Waals surface area contributed by atoms with E-state index in [4.69, 9.17) is 5.11 Å². The maximum Gasteiger partial charge on any atom is 0.317 e. The average Bonchev–Trinajstić information content (AvgIpc) is 2.19. The molecule has 88 valence electrons. The van der Waals surface area contributed by atoms with Gasteiger partial charge in [0.05, 0.1) is 6.54 Å². The molecule has 0 aliphatic heterocycles. The molecule has 0 saturated carbocycles. The van der Waals surface area contributed by atoms with Crippen molar-refractivity contribution in [2.75, 3.05) is 13.6 Å². The number of hydrogen-bond donors (Lipinski definition) is 2. The summed E-state index contributed by atoms with van der Waals surface area (Å²) < 4.78 is 0. The molecule has 0 fully saturated rings. The van der Waals surface area contributed by atoms with Gasteiger partial charge in [-0.05, 0) is 27.0 Å². The molecule has 4 nitrogen and oxygen atoms in total. The van der Waals surface area contributed by atoms with Crippen LogP contribution in [0.2, 0.25) is 0 Å². The second-order valence-corrected chi connectivity index (χ2v) is 4.05. The van der Waals surface area contributed by atoms with E-state index in [-0.39, 0.29) is 18.3 Å². The van der Waals surface area contributed by atoms with E-state index in [9.17, 15) is 9.90 Å². The summed E-state index contributed by atoms with van der Waals surface area (Å²) in [5.74, 6) is -0.670. The quantitative estimate of drug-likeness (QED) is 0.816. The highest BCUT2D eigenvalue weighted by Gasteiger charge is 2.17. The molecule has 0 aliphatic carbocycles. The van der Waals surface area contributed by atoms with Gasteiger partial charge < -0.3 is 10.2 Å². The summed E-state index contributed by atoms with van der Waals surface area (Å²) in [6.45, 7) is 3.76. The van der Waals surface area contributed by atoms with E-state index in [2.05, 4.69) is 0 Å². The summed E-state index contributed by atoms with van der Waals surface area (Å²) in [6.07, 6.45) is 0. The van der Waals surface area contributed by atoms with Gasteiger partial charge in [0, 0.05) is 11.6 Å². The first-order valence-corrected chi connectivity index (χ1v) is 5.13. The van der Waals surface area contributed by atoms with Crippen LogP contribution in [0.15, 0.2) is 18.2 Å². The molecule has 2 N–H and O–H groups in total. The van der Waals surface area contributed by atoms with Crippen LogP contribution in [0.4, 0.5) is 0 Å². The van der Waals surface area contributed by atoms with Crippen LogP contribution in [0.25, 0.3) is 0 Å². The molecule has 0 heterocycles. The van der Waals surface area contributed by atoms with Crippen molar-refractivity contribution in [1.82, 2.24) is 4.90 Å². The maximum atomic E-state index is 10.6.